The number of hydrogen-bond acceptors (Lipinski definition) is 3. The van der Waals surface area contributed by atoms with Crippen molar-refractivity contribution in [3.05, 3.63) is 71.3 Å². The Morgan fingerprint density at radius 3 is 2.22 bits per heavy atom. The van der Waals surface area contributed by atoms with Crippen molar-refractivity contribution in [1.29, 1.82) is 0 Å². The number of hydrogen-bond donors (Lipinski definition) is 3. The molecule has 1 fully saturated rings. The molecule has 3 rings (SSSR count). The minimum Gasteiger partial charge on any atom is -0.478 e. The predicted octanol–water partition coefficient (Wildman–Crippen LogP) is 3.93. The van der Waals surface area contributed by atoms with E-state index in [1.165, 1.54) is 11.6 Å². The number of piperidine rings is 1. The maximum atomic E-state index is 12.4. The summed E-state index contributed by atoms with van der Waals surface area (Å²) in [5.74, 6) is -0.578. The molecule has 1 amide bonds. The lowest BCUT2D eigenvalue weighted by Crippen LogP contribution is -2.26. The highest BCUT2D eigenvalue weighted by Gasteiger charge is 2.15. The second-order valence-electron chi connectivity index (χ2n) is 6.39. The normalized spacial score (nSPS) is 14.5. The predicted molar refractivity (Wildman–Crippen MR) is 110 cm³/mol. The lowest BCUT2D eigenvalue weighted by atomic mass is 9.90. The molecule has 142 valence electrons. The Morgan fingerprint density at radius 2 is 1.63 bits per heavy atom. The van der Waals surface area contributed by atoms with Crippen LogP contribution in [0.2, 0.25) is 0 Å². The van der Waals surface area contributed by atoms with Gasteiger partial charge in [0.2, 0.25) is 0 Å². The molecule has 0 radical (unpaired) electrons. The van der Waals surface area contributed by atoms with Crippen molar-refractivity contribution in [3.8, 4) is 0 Å². The van der Waals surface area contributed by atoms with E-state index < -0.39 is 5.97 Å². The Kier molecular flexibility index (Phi) is 7.58. The summed E-state index contributed by atoms with van der Waals surface area (Å²) in [7, 11) is 0. The van der Waals surface area contributed by atoms with Gasteiger partial charge in [0, 0.05) is 17.3 Å². The van der Waals surface area contributed by atoms with E-state index in [1.807, 2.05) is 24.3 Å². The first kappa shape index (κ1) is 20.7. The van der Waals surface area contributed by atoms with Gasteiger partial charge in [0.25, 0.3) is 5.91 Å². The zero-order valence-corrected chi connectivity index (χ0v) is 15.7. The van der Waals surface area contributed by atoms with E-state index in [1.54, 1.807) is 24.3 Å². The van der Waals surface area contributed by atoms with Gasteiger partial charge in [0.1, 0.15) is 0 Å². The number of rotatable bonds is 5. The van der Waals surface area contributed by atoms with Crippen LogP contribution in [-0.4, -0.2) is 30.1 Å². The molecule has 27 heavy (non-hydrogen) atoms. The molecule has 2 aromatic carbocycles. The lowest BCUT2D eigenvalue weighted by molar-refractivity contribution is -0.131. The minimum atomic E-state index is -0.990. The molecule has 1 aliphatic heterocycles. The first-order valence-corrected chi connectivity index (χ1v) is 8.75. The summed E-state index contributed by atoms with van der Waals surface area (Å²) >= 11 is 0. The van der Waals surface area contributed by atoms with Crippen LogP contribution in [0.3, 0.4) is 0 Å². The topological polar surface area (TPSA) is 78.4 Å². The van der Waals surface area contributed by atoms with E-state index in [0.717, 1.165) is 37.6 Å². The zero-order valence-electron chi connectivity index (χ0n) is 14.9. The van der Waals surface area contributed by atoms with Gasteiger partial charge in [-0.1, -0.05) is 24.3 Å². The van der Waals surface area contributed by atoms with Crippen molar-refractivity contribution in [3.63, 3.8) is 0 Å². The van der Waals surface area contributed by atoms with Crippen molar-refractivity contribution in [2.45, 2.75) is 18.8 Å². The smallest absolute Gasteiger partial charge is 0.328 e. The highest BCUT2D eigenvalue weighted by Crippen LogP contribution is 2.25. The third-order valence-electron chi connectivity index (χ3n) is 4.57. The van der Waals surface area contributed by atoms with E-state index >= 15 is 0 Å². The van der Waals surface area contributed by atoms with Gasteiger partial charge in [-0.25, -0.2) is 4.79 Å². The highest BCUT2D eigenvalue weighted by molar-refractivity contribution is 6.04. The number of carbonyl (C=O) groups is 2. The number of aliphatic carboxylic acids is 1. The fourth-order valence-corrected chi connectivity index (χ4v) is 3.11. The first-order chi connectivity index (χ1) is 12.6. The minimum absolute atomic E-state index is 0. The second kappa shape index (κ2) is 9.90. The van der Waals surface area contributed by atoms with Crippen LogP contribution < -0.4 is 10.6 Å². The largest absolute Gasteiger partial charge is 0.478 e. The Hall–Kier alpha value is -2.63. The van der Waals surface area contributed by atoms with Crippen LogP contribution in [0, 0.1) is 0 Å². The summed E-state index contributed by atoms with van der Waals surface area (Å²) in [5.41, 5.74) is 3.34. The van der Waals surface area contributed by atoms with Gasteiger partial charge < -0.3 is 15.7 Å². The van der Waals surface area contributed by atoms with Crippen LogP contribution in [0.25, 0.3) is 6.08 Å². The van der Waals surface area contributed by atoms with Gasteiger partial charge in [0.05, 0.1) is 0 Å². The number of anilines is 1. The lowest BCUT2D eigenvalue weighted by Gasteiger charge is -2.23. The van der Waals surface area contributed by atoms with Crippen molar-refractivity contribution in [2.24, 2.45) is 0 Å². The number of carboxylic acids is 1. The fraction of sp³-hybridized carbons (Fsp3) is 0.238. The highest BCUT2D eigenvalue weighted by atomic mass is 35.5. The summed E-state index contributed by atoms with van der Waals surface area (Å²) in [5, 5.41) is 14.9. The fourth-order valence-electron chi connectivity index (χ4n) is 3.11. The van der Waals surface area contributed by atoms with E-state index in [9.17, 15) is 9.59 Å². The molecule has 0 bridgehead atoms. The van der Waals surface area contributed by atoms with Crippen molar-refractivity contribution < 1.29 is 14.7 Å². The standard InChI is InChI=1S/C21H22N2O3.ClH/c24-20(25)10-3-15-1-8-19(9-2-15)23-21(26)18-6-4-16(5-7-18)17-11-13-22-14-12-17;/h1-10,17,22H,11-14H2,(H,23,26)(H,24,25);1H. The third-order valence-corrected chi connectivity index (χ3v) is 4.57. The number of nitrogens with one attached hydrogen (secondary N) is 2. The van der Waals surface area contributed by atoms with Crippen molar-refractivity contribution in [1.82, 2.24) is 5.32 Å². The number of benzene rings is 2. The molecule has 0 aliphatic carbocycles. The summed E-state index contributed by atoms with van der Waals surface area (Å²) in [6.07, 6.45) is 4.85. The molecule has 6 heteroatoms. The van der Waals surface area contributed by atoms with Crippen LogP contribution >= 0.6 is 12.4 Å². The molecular formula is C21H23ClN2O3. The molecule has 3 N–H and O–H groups in total. The Bertz CT molecular complexity index is 795. The Labute approximate surface area is 164 Å². The number of amides is 1. The summed E-state index contributed by atoms with van der Waals surface area (Å²) in [6, 6.07) is 14.9. The molecule has 0 aromatic heterocycles. The van der Waals surface area contributed by atoms with E-state index in [2.05, 4.69) is 10.6 Å². The van der Waals surface area contributed by atoms with Gasteiger partial charge in [0.15, 0.2) is 0 Å². The average Bonchev–Trinajstić information content (AvgIpc) is 2.68. The number of carboxylic acid groups (broad SMARTS) is 1. The monoisotopic (exact) mass is 386 g/mol. The van der Waals surface area contributed by atoms with Crippen LogP contribution in [-0.2, 0) is 4.79 Å². The van der Waals surface area contributed by atoms with Crippen LogP contribution in [0.1, 0.15) is 40.2 Å². The molecule has 0 spiro atoms. The molecule has 1 saturated heterocycles. The third kappa shape index (κ3) is 5.94. The van der Waals surface area contributed by atoms with Crippen LogP contribution in [0.15, 0.2) is 54.6 Å². The summed E-state index contributed by atoms with van der Waals surface area (Å²) in [4.78, 5) is 22.9. The number of halogens is 1. The molecule has 5 nitrogen and oxygen atoms in total. The van der Waals surface area contributed by atoms with E-state index in [4.69, 9.17) is 5.11 Å². The van der Waals surface area contributed by atoms with Gasteiger partial charge in [-0.05, 0) is 73.3 Å². The molecule has 0 saturated carbocycles. The van der Waals surface area contributed by atoms with Gasteiger partial charge in [-0.2, -0.15) is 0 Å². The molecular weight excluding hydrogens is 364 g/mol. The molecule has 2 aromatic rings. The molecule has 1 heterocycles. The van der Waals surface area contributed by atoms with Gasteiger partial charge in [-0.15, -0.1) is 12.4 Å². The summed E-state index contributed by atoms with van der Waals surface area (Å²) in [6.45, 7) is 2.09. The molecule has 1 aliphatic rings. The SMILES string of the molecule is Cl.O=C(O)C=Cc1ccc(NC(=O)c2ccc(C3CCNCC3)cc2)cc1. The Morgan fingerprint density at radius 1 is 1.00 bits per heavy atom. The van der Waals surface area contributed by atoms with E-state index in [-0.39, 0.29) is 18.3 Å². The second-order valence-corrected chi connectivity index (χ2v) is 6.39. The zero-order chi connectivity index (χ0) is 18.4. The maximum absolute atomic E-state index is 12.4. The number of carbonyl (C=O) groups excluding carboxylic acids is 1. The summed E-state index contributed by atoms with van der Waals surface area (Å²) < 4.78 is 0. The quantitative estimate of drug-likeness (QED) is 0.680. The van der Waals surface area contributed by atoms with Gasteiger partial charge in [-0.3, -0.25) is 4.79 Å². The Balaban J connectivity index is 0.00000261. The van der Waals surface area contributed by atoms with E-state index in [0.29, 0.717) is 17.2 Å². The first-order valence-electron chi connectivity index (χ1n) is 8.75. The molecule has 0 unspecified atom stereocenters. The maximum Gasteiger partial charge on any atom is 0.328 e. The van der Waals surface area contributed by atoms with Crippen LogP contribution in [0.5, 0.6) is 0 Å². The average molecular weight is 387 g/mol. The van der Waals surface area contributed by atoms with Crippen molar-refractivity contribution in [2.75, 3.05) is 18.4 Å². The van der Waals surface area contributed by atoms with Gasteiger partial charge >= 0.3 is 5.97 Å². The van der Waals surface area contributed by atoms with Crippen LogP contribution in [0.4, 0.5) is 5.69 Å². The van der Waals surface area contributed by atoms with Crippen molar-refractivity contribution >= 4 is 36.0 Å². The molecule has 0 atom stereocenters.